The summed E-state index contributed by atoms with van der Waals surface area (Å²) >= 11 is 0. The van der Waals surface area contributed by atoms with Crippen LogP contribution in [0.5, 0.6) is 0 Å². The number of rotatable bonds is 2. The topological polar surface area (TPSA) is 37.3 Å². The first-order valence-corrected chi connectivity index (χ1v) is 3.50. The fraction of sp³-hybridized carbons (Fsp3) is 0.100. The Bertz CT molecular complexity index is 334. The number of carbonyl (C=O) groups is 1. The Morgan fingerprint density at radius 2 is 2.17 bits per heavy atom. The molecule has 2 heteroatoms. The van der Waals surface area contributed by atoms with Crippen molar-refractivity contribution in [1.82, 2.24) is 0 Å². The fourth-order valence-electron chi connectivity index (χ4n) is 0.978. The van der Waals surface area contributed by atoms with E-state index in [1.807, 2.05) is 0 Å². The summed E-state index contributed by atoms with van der Waals surface area (Å²) in [6.07, 6.45) is 5.17. The lowest BCUT2D eigenvalue weighted by Gasteiger charge is -1.99. The summed E-state index contributed by atoms with van der Waals surface area (Å²) in [6.45, 7) is 0. The molecular weight excluding hydrogens is 152 g/mol. The fourth-order valence-corrected chi connectivity index (χ4v) is 0.978. The molecule has 0 unspecified atom stereocenters. The van der Waals surface area contributed by atoms with Crippen LogP contribution in [0.4, 0.5) is 0 Å². The monoisotopic (exact) mass is 160 g/mol. The van der Waals surface area contributed by atoms with Crippen molar-refractivity contribution in [3.05, 3.63) is 35.4 Å². The molecule has 0 heterocycles. The molecule has 1 aromatic carbocycles. The highest BCUT2D eigenvalue weighted by atomic mass is 16.4. The molecule has 0 aliphatic carbocycles. The van der Waals surface area contributed by atoms with Crippen molar-refractivity contribution in [2.45, 2.75) is 6.42 Å². The summed E-state index contributed by atoms with van der Waals surface area (Å²) in [4.78, 5) is 10.4. The summed E-state index contributed by atoms with van der Waals surface area (Å²) < 4.78 is 0. The van der Waals surface area contributed by atoms with Crippen LogP contribution in [0.3, 0.4) is 0 Å². The lowest BCUT2D eigenvalue weighted by Crippen LogP contribution is -2.01. The minimum Gasteiger partial charge on any atom is -0.481 e. The molecule has 0 bridgehead atoms. The molecule has 0 saturated carbocycles. The molecule has 1 rings (SSSR count). The molecule has 2 nitrogen and oxygen atoms in total. The molecule has 1 aromatic rings. The second-order valence-corrected chi connectivity index (χ2v) is 2.37. The predicted octanol–water partition coefficient (Wildman–Crippen LogP) is 1.30. The largest absolute Gasteiger partial charge is 0.481 e. The van der Waals surface area contributed by atoms with E-state index in [4.69, 9.17) is 11.5 Å². The van der Waals surface area contributed by atoms with E-state index in [1.165, 1.54) is 0 Å². The van der Waals surface area contributed by atoms with Gasteiger partial charge in [0.1, 0.15) is 0 Å². The van der Waals surface area contributed by atoms with E-state index in [-0.39, 0.29) is 6.42 Å². The van der Waals surface area contributed by atoms with Crippen molar-refractivity contribution in [2.75, 3.05) is 0 Å². The zero-order chi connectivity index (χ0) is 8.97. The number of hydrogen-bond donors (Lipinski definition) is 1. The molecule has 0 aliphatic rings. The van der Waals surface area contributed by atoms with Gasteiger partial charge in [0.05, 0.1) is 6.42 Å². The summed E-state index contributed by atoms with van der Waals surface area (Å²) in [5.41, 5.74) is 1.34. The van der Waals surface area contributed by atoms with Gasteiger partial charge in [-0.15, -0.1) is 6.42 Å². The van der Waals surface area contributed by atoms with E-state index in [9.17, 15) is 4.79 Å². The van der Waals surface area contributed by atoms with Gasteiger partial charge in [0.25, 0.3) is 0 Å². The van der Waals surface area contributed by atoms with Crippen LogP contribution < -0.4 is 0 Å². The Labute approximate surface area is 70.8 Å². The van der Waals surface area contributed by atoms with Crippen molar-refractivity contribution in [3.8, 4) is 12.3 Å². The van der Waals surface area contributed by atoms with Crippen LogP contribution in [0.1, 0.15) is 11.1 Å². The van der Waals surface area contributed by atoms with E-state index in [0.29, 0.717) is 11.1 Å². The van der Waals surface area contributed by atoms with Crippen LogP contribution >= 0.6 is 0 Å². The maximum absolute atomic E-state index is 10.4. The van der Waals surface area contributed by atoms with Gasteiger partial charge in [0, 0.05) is 5.56 Å². The molecule has 0 saturated heterocycles. The summed E-state index contributed by atoms with van der Waals surface area (Å²) in [7, 11) is 0. The lowest BCUT2D eigenvalue weighted by molar-refractivity contribution is -0.136. The van der Waals surface area contributed by atoms with Gasteiger partial charge in [0.2, 0.25) is 0 Å². The number of hydrogen-bond acceptors (Lipinski definition) is 1. The molecule has 60 valence electrons. The average molecular weight is 160 g/mol. The molecule has 0 fully saturated rings. The Kier molecular flexibility index (Phi) is 2.49. The molecule has 0 spiro atoms. The maximum atomic E-state index is 10.4. The molecule has 0 atom stereocenters. The highest BCUT2D eigenvalue weighted by molar-refractivity contribution is 5.71. The second-order valence-electron chi connectivity index (χ2n) is 2.37. The van der Waals surface area contributed by atoms with Gasteiger partial charge >= 0.3 is 5.97 Å². The number of benzene rings is 1. The number of terminal acetylenes is 1. The molecule has 0 amide bonds. The van der Waals surface area contributed by atoms with Crippen LogP contribution in [-0.4, -0.2) is 11.1 Å². The van der Waals surface area contributed by atoms with E-state index in [2.05, 4.69) is 5.92 Å². The number of carboxylic acids is 1. The lowest BCUT2D eigenvalue weighted by atomic mass is 10.1. The number of carboxylic acid groups (broad SMARTS) is 1. The third-order valence-corrected chi connectivity index (χ3v) is 1.51. The highest BCUT2D eigenvalue weighted by Gasteiger charge is 2.02. The minimum absolute atomic E-state index is 0.0135. The first kappa shape index (κ1) is 8.35. The summed E-state index contributed by atoms with van der Waals surface area (Å²) in [5, 5.41) is 8.52. The number of aliphatic carboxylic acids is 1. The zero-order valence-electron chi connectivity index (χ0n) is 6.45. The van der Waals surface area contributed by atoms with Crippen molar-refractivity contribution < 1.29 is 9.90 Å². The normalized spacial score (nSPS) is 8.92. The van der Waals surface area contributed by atoms with Gasteiger partial charge in [0.15, 0.2) is 0 Å². The smallest absolute Gasteiger partial charge is 0.307 e. The quantitative estimate of drug-likeness (QED) is 0.662. The third kappa shape index (κ3) is 1.86. The van der Waals surface area contributed by atoms with Gasteiger partial charge in [-0.1, -0.05) is 24.1 Å². The standard InChI is InChI=1S/C10H8O2/c1-2-8-5-3-4-6-9(8)7-10(11)12/h1,3-6H,7H2,(H,11,12). The summed E-state index contributed by atoms with van der Waals surface area (Å²) in [5.74, 6) is 1.57. The van der Waals surface area contributed by atoms with E-state index in [0.717, 1.165) is 0 Å². The van der Waals surface area contributed by atoms with Crippen molar-refractivity contribution in [2.24, 2.45) is 0 Å². The Hall–Kier alpha value is -1.75. The van der Waals surface area contributed by atoms with E-state index < -0.39 is 5.97 Å². The zero-order valence-corrected chi connectivity index (χ0v) is 6.45. The van der Waals surface area contributed by atoms with Crippen molar-refractivity contribution in [1.29, 1.82) is 0 Å². The molecule has 0 aliphatic heterocycles. The first-order valence-electron chi connectivity index (χ1n) is 3.50. The van der Waals surface area contributed by atoms with Crippen LogP contribution in [0.25, 0.3) is 0 Å². The molecule has 12 heavy (non-hydrogen) atoms. The van der Waals surface area contributed by atoms with Crippen molar-refractivity contribution >= 4 is 5.97 Å². The average Bonchev–Trinajstić information content (AvgIpc) is 2.04. The summed E-state index contributed by atoms with van der Waals surface area (Å²) in [6, 6.07) is 7.03. The van der Waals surface area contributed by atoms with Gasteiger partial charge in [-0.3, -0.25) is 4.79 Å². The predicted molar refractivity (Wildman–Crippen MR) is 45.7 cm³/mol. The second kappa shape index (κ2) is 3.59. The van der Waals surface area contributed by atoms with Gasteiger partial charge < -0.3 is 5.11 Å². The molecular formula is C10H8O2. The van der Waals surface area contributed by atoms with Crippen molar-refractivity contribution in [3.63, 3.8) is 0 Å². The van der Waals surface area contributed by atoms with Gasteiger partial charge in [-0.05, 0) is 11.6 Å². The Balaban J connectivity index is 2.99. The van der Waals surface area contributed by atoms with Gasteiger partial charge in [-0.2, -0.15) is 0 Å². The maximum Gasteiger partial charge on any atom is 0.307 e. The molecule has 0 radical (unpaired) electrons. The highest BCUT2D eigenvalue weighted by Crippen LogP contribution is 2.07. The Morgan fingerprint density at radius 1 is 1.50 bits per heavy atom. The minimum atomic E-state index is -0.863. The first-order chi connectivity index (χ1) is 5.74. The van der Waals surface area contributed by atoms with Crippen LogP contribution in [-0.2, 0) is 11.2 Å². The van der Waals surface area contributed by atoms with Gasteiger partial charge in [-0.25, -0.2) is 0 Å². The Morgan fingerprint density at radius 3 is 2.75 bits per heavy atom. The third-order valence-electron chi connectivity index (χ3n) is 1.51. The van der Waals surface area contributed by atoms with Crippen LogP contribution in [0, 0.1) is 12.3 Å². The van der Waals surface area contributed by atoms with Crippen LogP contribution in [0.15, 0.2) is 24.3 Å². The van der Waals surface area contributed by atoms with Crippen LogP contribution in [0.2, 0.25) is 0 Å². The van der Waals surface area contributed by atoms with E-state index in [1.54, 1.807) is 24.3 Å². The van der Waals surface area contributed by atoms with E-state index >= 15 is 0 Å². The SMILES string of the molecule is C#Cc1ccccc1CC(=O)O. The molecule has 0 aromatic heterocycles. The molecule has 1 N–H and O–H groups in total.